The SMILES string of the molecule is CCOC(=O)[C@H](C(=O)OC(C)(C)C)c1ncc(Br)cn1. The van der Waals surface area contributed by atoms with Crippen molar-refractivity contribution in [3.05, 3.63) is 22.7 Å². The maximum absolute atomic E-state index is 12.1. The zero-order valence-electron chi connectivity index (χ0n) is 11.8. The Hall–Kier alpha value is -1.50. The molecule has 0 bridgehead atoms. The van der Waals surface area contributed by atoms with Crippen molar-refractivity contribution in [3.8, 4) is 0 Å². The molecule has 0 aromatic carbocycles. The molecule has 1 atom stereocenters. The highest BCUT2D eigenvalue weighted by atomic mass is 79.9. The maximum Gasteiger partial charge on any atom is 0.328 e. The Kier molecular flexibility index (Phi) is 5.62. The molecular formula is C13H17BrN2O4. The number of rotatable bonds is 4. The van der Waals surface area contributed by atoms with Gasteiger partial charge in [-0.1, -0.05) is 0 Å². The average molecular weight is 345 g/mol. The second-order valence-corrected chi connectivity index (χ2v) is 5.89. The van der Waals surface area contributed by atoms with E-state index in [9.17, 15) is 9.59 Å². The van der Waals surface area contributed by atoms with Crippen molar-refractivity contribution in [1.29, 1.82) is 0 Å². The van der Waals surface area contributed by atoms with E-state index >= 15 is 0 Å². The average Bonchev–Trinajstić information content (AvgIpc) is 2.30. The Morgan fingerprint density at radius 1 is 1.25 bits per heavy atom. The van der Waals surface area contributed by atoms with Crippen LogP contribution in [-0.4, -0.2) is 34.1 Å². The first-order valence-electron chi connectivity index (χ1n) is 6.11. The molecule has 0 fully saturated rings. The zero-order chi connectivity index (χ0) is 15.3. The van der Waals surface area contributed by atoms with Crippen LogP contribution in [0.4, 0.5) is 0 Å². The van der Waals surface area contributed by atoms with Crippen LogP contribution in [0.1, 0.15) is 39.4 Å². The van der Waals surface area contributed by atoms with Gasteiger partial charge >= 0.3 is 11.9 Å². The fraction of sp³-hybridized carbons (Fsp3) is 0.538. The Morgan fingerprint density at radius 2 is 1.80 bits per heavy atom. The predicted molar refractivity (Wildman–Crippen MR) is 75.0 cm³/mol. The van der Waals surface area contributed by atoms with Gasteiger partial charge in [-0.2, -0.15) is 0 Å². The summed E-state index contributed by atoms with van der Waals surface area (Å²) in [5.74, 6) is -2.66. The van der Waals surface area contributed by atoms with Crippen LogP contribution in [0.15, 0.2) is 16.9 Å². The maximum atomic E-state index is 12.1. The number of halogens is 1. The third kappa shape index (κ3) is 4.88. The molecule has 20 heavy (non-hydrogen) atoms. The fourth-order valence-electron chi connectivity index (χ4n) is 1.36. The number of aromatic nitrogens is 2. The standard InChI is InChI=1S/C13H17BrN2O4/c1-5-19-11(17)9(12(18)20-13(2,3)4)10-15-6-8(14)7-16-10/h6-7,9H,5H2,1-4H3/t9-/m1/s1. The van der Waals surface area contributed by atoms with Crippen molar-refractivity contribution < 1.29 is 19.1 Å². The van der Waals surface area contributed by atoms with Gasteiger partial charge in [-0.3, -0.25) is 9.59 Å². The lowest BCUT2D eigenvalue weighted by atomic mass is 10.1. The number of carbonyl (C=O) groups excluding carboxylic acids is 2. The Balaban J connectivity index is 3.05. The third-order valence-corrected chi connectivity index (χ3v) is 2.47. The summed E-state index contributed by atoms with van der Waals surface area (Å²) in [6, 6.07) is 0. The van der Waals surface area contributed by atoms with Crippen molar-refractivity contribution in [2.45, 2.75) is 39.2 Å². The first kappa shape index (κ1) is 16.6. The van der Waals surface area contributed by atoms with Crippen LogP contribution >= 0.6 is 15.9 Å². The largest absolute Gasteiger partial charge is 0.465 e. The first-order chi connectivity index (χ1) is 9.24. The molecule has 110 valence electrons. The Labute approximate surface area is 126 Å². The molecule has 6 nitrogen and oxygen atoms in total. The summed E-state index contributed by atoms with van der Waals surface area (Å²) in [5, 5.41) is 0. The molecule has 0 radical (unpaired) electrons. The van der Waals surface area contributed by atoms with E-state index in [0.717, 1.165) is 0 Å². The molecule has 7 heteroatoms. The normalized spacial score (nSPS) is 12.7. The highest BCUT2D eigenvalue weighted by Crippen LogP contribution is 2.20. The summed E-state index contributed by atoms with van der Waals surface area (Å²) < 4.78 is 10.8. The number of hydrogen-bond donors (Lipinski definition) is 0. The molecule has 0 saturated heterocycles. The molecule has 0 aliphatic heterocycles. The molecule has 1 aromatic rings. The van der Waals surface area contributed by atoms with E-state index in [4.69, 9.17) is 9.47 Å². The number of nitrogens with zero attached hydrogens (tertiary/aromatic N) is 2. The van der Waals surface area contributed by atoms with Gasteiger partial charge in [0.1, 0.15) is 5.60 Å². The van der Waals surface area contributed by atoms with Crippen molar-refractivity contribution in [2.24, 2.45) is 0 Å². The number of carbonyl (C=O) groups is 2. The van der Waals surface area contributed by atoms with Gasteiger partial charge in [-0.25, -0.2) is 9.97 Å². The van der Waals surface area contributed by atoms with Crippen molar-refractivity contribution in [2.75, 3.05) is 6.61 Å². The van der Waals surface area contributed by atoms with Crippen molar-refractivity contribution >= 4 is 27.9 Å². The second-order valence-electron chi connectivity index (χ2n) is 4.98. The van der Waals surface area contributed by atoms with Crippen molar-refractivity contribution in [1.82, 2.24) is 9.97 Å². The van der Waals surface area contributed by atoms with Crippen LogP contribution in [0.5, 0.6) is 0 Å². The predicted octanol–water partition coefficient (Wildman–Crippen LogP) is 2.23. The van der Waals surface area contributed by atoms with Crippen LogP contribution in [0, 0.1) is 0 Å². The van der Waals surface area contributed by atoms with Crippen LogP contribution in [0.25, 0.3) is 0 Å². The number of ether oxygens (including phenoxy) is 2. The number of hydrogen-bond acceptors (Lipinski definition) is 6. The van der Waals surface area contributed by atoms with Gasteiger partial charge in [0.15, 0.2) is 5.82 Å². The Bertz CT molecular complexity index is 482. The Morgan fingerprint density at radius 3 is 2.25 bits per heavy atom. The summed E-state index contributed by atoms with van der Waals surface area (Å²) in [6.45, 7) is 6.97. The van der Waals surface area contributed by atoms with Gasteiger partial charge in [0.05, 0.1) is 11.1 Å². The molecule has 0 unspecified atom stereocenters. The van der Waals surface area contributed by atoms with Crippen molar-refractivity contribution in [3.63, 3.8) is 0 Å². The third-order valence-electron chi connectivity index (χ3n) is 2.06. The van der Waals surface area contributed by atoms with Gasteiger partial charge in [0, 0.05) is 12.4 Å². The smallest absolute Gasteiger partial charge is 0.328 e. The molecule has 0 saturated carbocycles. The summed E-state index contributed by atoms with van der Waals surface area (Å²) >= 11 is 3.19. The molecule has 0 amide bonds. The van der Waals surface area contributed by atoms with Gasteiger partial charge in [0.2, 0.25) is 5.92 Å². The van der Waals surface area contributed by atoms with Crippen LogP contribution in [-0.2, 0) is 19.1 Å². The lowest BCUT2D eigenvalue weighted by Gasteiger charge is -2.22. The first-order valence-corrected chi connectivity index (χ1v) is 6.91. The van der Waals surface area contributed by atoms with E-state index in [0.29, 0.717) is 4.47 Å². The highest BCUT2D eigenvalue weighted by Gasteiger charge is 2.36. The van der Waals surface area contributed by atoms with E-state index in [-0.39, 0.29) is 12.4 Å². The van der Waals surface area contributed by atoms with Gasteiger partial charge < -0.3 is 9.47 Å². The van der Waals surface area contributed by atoms with Crippen LogP contribution < -0.4 is 0 Å². The molecule has 0 N–H and O–H groups in total. The minimum Gasteiger partial charge on any atom is -0.465 e. The topological polar surface area (TPSA) is 78.4 Å². The molecule has 1 rings (SSSR count). The fourth-order valence-corrected chi connectivity index (χ4v) is 1.57. The molecule has 0 aliphatic carbocycles. The minimum absolute atomic E-state index is 0.0564. The van der Waals surface area contributed by atoms with E-state index in [1.54, 1.807) is 27.7 Å². The highest BCUT2D eigenvalue weighted by molar-refractivity contribution is 9.10. The lowest BCUT2D eigenvalue weighted by Crippen LogP contribution is -2.33. The van der Waals surface area contributed by atoms with E-state index in [1.807, 2.05) is 0 Å². The van der Waals surface area contributed by atoms with Crippen LogP contribution in [0.3, 0.4) is 0 Å². The molecular weight excluding hydrogens is 328 g/mol. The molecule has 0 aliphatic rings. The van der Waals surface area contributed by atoms with Crippen LogP contribution in [0.2, 0.25) is 0 Å². The molecule has 1 heterocycles. The number of esters is 2. The van der Waals surface area contributed by atoms with Gasteiger partial charge in [-0.15, -0.1) is 0 Å². The minimum atomic E-state index is -1.28. The zero-order valence-corrected chi connectivity index (χ0v) is 13.4. The van der Waals surface area contributed by atoms with E-state index < -0.39 is 23.5 Å². The molecule has 0 spiro atoms. The quantitative estimate of drug-likeness (QED) is 0.615. The molecule has 1 aromatic heterocycles. The van der Waals surface area contributed by atoms with Gasteiger partial charge in [0.25, 0.3) is 0 Å². The second kappa shape index (κ2) is 6.78. The summed E-state index contributed by atoms with van der Waals surface area (Å²) in [4.78, 5) is 32.0. The summed E-state index contributed by atoms with van der Waals surface area (Å²) in [6.07, 6.45) is 2.91. The monoisotopic (exact) mass is 344 g/mol. The van der Waals surface area contributed by atoms with E-state index in [2.05, 4.69) is 25.9 Å². The van der Waals surface area contributed by atoms with Gasteiger partial charge in [-0.05, 0) is 43.6 Å². The summed E-state index contributed by atoms with van der Waals surface area (Å²) in [7, 11) is 0. The lowest BCUT2D eigenvalue weighted by molar-refractivity contribution is -0.164. The van der Waals surface area contributed by atoms with E-state index in [1.165, 1.54) is 12.4 Å². The summed E-state index contributed by atoms with van der Waals surface area (Å²) in [5.41, 5.74) is -0.711.